The van der Waals surface area contributed by atoms with Crippen molar-refractivity contribution in [1.29, 1.82) is 0 Å². The van der Waals surface area contributed by atoms with Crippen molar-refractivity contribution >= 4 is 28.6 Å². The van der Waals surface area contributed by atoms with Crippen molar-refractivity contribution in [2.75, 3.05) is 25.6 Å². The molecular formula is C19H23N3O2S. The molecule has 3 rings (SSSR count). The molecule has 0 saturated carbocycles. The minimum atomic E-state index is -0.297. The van der Waals surface area contributed by atoms with Crippen LogP contribution in [0.25, 0.3) is 0 Å². The quantitative estimate of drug-likeness (QED) is 0.765. The minimum absolute atomic E-state index is 0.214. The molecule has 0 aliphatic carbocycles. The molecule has 0 fully saturated rings. The second-order valence-corrected chi connectivity index (χ2v) is 7.09. The molecule has 1 atom stereocenters. The predicted octanol–water partition coefficient (Wildman–Crippen LogP) is 3.91. The average molecular weight is 357 g/mol. The number of rotatable bonds is 4. The van der Waals surface area contributed by atoms with Gasteiger partial charge in [-0.2, -0.15) is 0 Å². The Balaban J connectivity index is 2.09. The minimum Gasteiger partial charge on any atom is -0.463 e. The first kappa shape index (κ1) is 17.6. The van der Waals surface area contributed by atoms with E-state index >= 15 is 0 Å². The molecule has 6 heteroatoms. The molecule has 0 aromatic heterocycles. The van der Waals surface area contributed by atoms with E-state index in [0.29, 0.717) is 12.2 Å². The maximum atomic E-state index is 12.7. The normalized spacial score (nSPS) is 19.4. The molecule has 0 bridgehead atoms. The SMILES string of the molecule is CCOC(=O)C1=C(C)N=C2SC=C(C)N2[C@H]1c1ccc(N(C)C)cc1. The van der Waals surface area contributed by atoms with Crippen LogP contribution in [0.3, 0.4) is 0 Å². The summed E-state index contributed by atoms with van der Waals surface area (Å²) in [6.45, 7) is 6.09. The number of fused-ring (bicyclic) bond motifs is 1. The van der Waals surface area contributed by atoms with E-state index in [0.717, 1.165) is 27.8 Å². The highest BCUT2D eigenvalue weighted by atomic mass is 32.2. The molecule has 0 N–H and O–H groups in total. The molecule has 1 aromatic carbocycles. The van der Waals surface area contributed by atoms with Gasteiger partial charge < -0.3 is 14.5 Å². The Morgan fingerprint density at radius 1 is 1.28 bits per heavy atom. The zero-order chi connectivity index (χ0) is 18.1. The van der Waals surface area contributed by atoms with E-state index < -0.39 is 0 Å². The van der Waals surface area contributed by atoms with E-state index in [-0.39, 0.29) is 12.0 Å². The maximum Gasteiger partial charge on any atom is 0.338 e. The predicted molar refractivity (Wildman–Crippen MR) is 103 cm³/mol. The van der Waals surface area contributed by atoms with Gasteiger partial charge in [0.1, 0.15) is 0 Å². The topological polar surface area (TPSA) is 45.1 Å². The Kier molecular flexibility index (Phi) is 4.90. The van der Waals surface area contributed by atoms with Gasteiger partial charge >= 0.3 is 5.97 Å². The molecule has 2 aliphatic rings. The number of carbonyl (C=O) groups excluding carboxylic acids is 1. The third-order valence-corrected chi connectivity index (χ3v) is 5.28. The number of benzene rings is 1. The van der Waals surface area contributed by atoms with Crippen LogP contribution in [0.1, 0.15) is 32.4 Å². The molecule has 0 saturated heterocycles. The number of thioether (sulfide) groups is 1. The number of hydrogen-bond donors (Lipinski definition) is 0. The van der Waals surface area contributed by atoms with Gasteiger partial charge in [-0.3, -0.25) is 0 Å². The van der Waals surface area contributed by atoms with Crippen LogP contribution in [0.15, 0.2) is 51.6 Å². The van der Waals surface area contributed by atoms with Gasteiger partial charge in [0.15, 0.2) is 5.17 Å². The fourth-order valence-electron chi connectivity index (χ4n) is 3.07. The van der Waals surface area contributed by atoms with Crippen LogP contribution in [0, 0.1) is 0 Å². The summed E-state index contributed by atoms with van der Waals surface area (Å²) in [5.74, 6) is -0.297. The Morgan fingerprint density at radius 3 is 2.56 bits per heavy atom. The van der Waals surface area contributed by atoms with Crippen LogP contribution in [0.4, 0.5) is 5.69 Å². The standard InChI is InChI=1S/C19H23N3O2S/c1-6-24-18(23)16-13(3)20-19-22(12(2)11-25-19)17(16)14-7-9-15(10-8-14)21(4)5/h7-11,17H,6H2,1-5H3/t17-/m0/s1. The number of ether oxygens (including phenoxy) is 1. The first-order chi connectivity index (χ1) is 11.9. The molecule has 25 heavy (non-hydrogen) atoms. The van der Waals surface area contributed by atoms with E-state index in [9.17, 15) is 4.79 Å². The van der Waals surface area contributed by atoms with Gasteiger partial charge in [0.25, 0.3) is 0 Å². The van der Waals surface area contributed by atoms with Crippen LogP contribution in [-0.4, -0.2) is 36.7 Å². The van der Waals surface area contributed by atoms with Crippen LogP contribution < -0.4 is 4.90 Å². The van der Waals surface area contributed by atoms with Gasteiger partial charge in [0.05, 0.1) is 23.9 Å². The monoisotopic (exact) mass is 357 g/mol. The summed E-state index contributed by atoms with van der Waals surface area (Å²) >= 11 is 1.59. The average Bonchev–Trinajstić information content (AvgIpc) is 2.94. The largest absolute Gasteiger partial charge is 0.463 e. The first-order valence-electron chi connectivity index (χ1n) is 8.30. The third kappa shape index (κ3) is 3.18. The van der Waals surface area contributed by atoms with Gasteiger partial charge in [-0.1, -0.05) is 23.9 Å². The number of aliphatic imine (C=N–C) groups is 1. The Labute approximate surface area is 153 Å². The molecule has 0 amide bonds. The lowest BCUT2D eigenvalue weighted by Crippen LogP contribution is -2.36. The summed E-state index contributed by atoms with van der Waals surface area (Å²) < 4.78 is 5.32. The summed E-state index contributed by atoms with van der Waals surface area (Å²) in [6, 6.07) is 8.08. The highest BCUT2D eigenvalue weighted by Gasteiger charge is 2.39. The molecule has 0 spiro atoms. The Morgan fingerprint density at radius 2 is 1.96 bits per heavy atom. The third-order valence-electron chi connectivity index (χ3n) is 4.33. The summed E-state index contributed by atoms with van der Waals surface area (Å²) in [7, 11) is 4.02. The van der Waals surface area contributed by atoms with Crippen LogP contribution in [-0.2, 0) is 9.53 Å². The second kappa shape index (κ2) is 6.96. The zero-order valence-corrected chi connectivity index (χ0v) is 16.1. The molecule has 1 aromatic rings. The first-order valence-corrected chi connectivity index (χ1v) is 9.18. The highest BCUT2D eigenvalue weighted by Crippen LogP contribution is 2.43. The van der Waals surface area contributed by atoms with Crippen molar-refractivity contribution in [3.8, 4) is 0 Å². The van der Waals surface area contributed by atoms with E-state index in [1.54, 1.807) is 11.8 Å². The number of anilines is 1. The van der Waals surface area contributed by atoms with Crippen molar-refractivity contribution in [3.05, 3.63) is 52.2 Å². The van der Waals surface area contributed by atoms with E-state index in [4.69, 9.17) is 4.74 Å². The van der Waals surface area contributed by atoms with Gasteiger partial charge in [-0.05, 0) is 43.9 Å². The molecule has 0 radical (unpaired) electrons. The fourth-order valence-corrected chi connectivity index (χ4v) is 4.01. The van der Waals surface area contributed by atoms with E-state index in [1.807, 2.05) is 34.9 Å². The van der Waals surface area contributed by atoms with Gasteiger partial charge in [0, 0.05) is 25.5 Å². The van der Waals surface area contributed by atoms with Crippen molar-refractivity contribution in [3.63, 3.8) is 0 Å². The number of hydrogen-bond acceptors (Lipinski definition) is 6. The van der Waals surface area contributed by atoms with Gasteiger partial charge in [-0.15, -0.1) is 0 Å². The molecule has 2 heterocycles. The molecule has 2 aliphatic heterocycles. The number of nitrogens with zero attached hydrogens (tertiary/aromatic N) is 3. The lowest BCUT2D eigenvalue weighted by atomic mass is 9.94. The Bertz CT molecular complexity index is 778. The van der Waals surface area contributed by atoms with Crippen LogP contribution >= 0.6 is 11.8 Å². The van der Waals surface area contributed by atoms with Crippen molar-refractivity contribution in [2.45, 2.75) is 26.8 Å². The van der Waals surface area contributed by atoms with Crippen LogP contribution in [0.5, 0.6) is 0 Å². The van der Waals surface area contributed by atoms with Gasteiger partial charge in [0.2, 0.25) is 0 Å². The summed E-state index contributed by atoms with van der Waals surface area (Å²) in [4.78, 5) is 21.5. The lowest BCUT2D eigenvalue weighted by molar-refractivity contribution is -0.139. The number of carbonyl (C=O) groups is 1. The second-order valence-electron chi connectivity index (χ2n) is 6.25. The lowest BCUT2D eigenvalue weighted by Gasteiger charge is -2.35. The molecule has 5 nitrogen and oxygen atoms in total. The maximum absolute atomic E-state index is 12.7. The van der Waals surface area contributed by atoms with Crippen molar-refractivity contribution < 1.29 is 9.53 Å². The van der Waals surface area contributed by atoms with Crippen molar-refractivity contribution in [1.82, 2.24) is 4.90 Å². The fraction of sp³-hybridized carbons (Fsp3) is 0.368. The molecular weight excluding hydrogens is 334 g/mol. The number of allylic oxidation sites excluding steroid dienone is 2. The highest BCUT2D eigenvalue weighted by molar-refractivity contribution is 8.16. The number of amidine groups is 1. The molecule has 132 valence electrons. The van der Waals surface area contributed by atoms with E-state index in [2.05, 4.69) is 44.5 Å². The number of esters is 1. The summed E-state index contributed by atoms with van der Waals surface area (Å²) in [5, 5.41) is 2.98. The Hall–Kier alpha value is -2.21. The summed E-state index contributed by atoms with van der Waals surface area (Å²) in [6.07, 6.45) is 0. The van der Waals surface area contributed by atoms with Crippen molar-refractivity contribution in [2.24, 2.45) is 4.99 Å². The molecule has 0 unspecified atom stereocenters. The summed E-state index contributed by atoms with van der Waals surface area (Å²) in [5.41, 5.74) is 4.59. The van der Waals surface area contributed by atoms with E-state index in [1.165, 1.54) is 0 Å². The zero-order valence-electron chi connectivity index (χ0n) is 15.2. The smallest absolute Gasteiger partial charge is 0.338 e. The van der Waals surface area contributed by atoms with Crippen LogP contribution in [0.2, 0.25) is 0 Å². The van der Waals surface area contributed by atoms with Gasteiger partial charge in [-0.25, -0.2) is 9.79 Å².